The molecule has 0 aliphatic carbocycles. The summed E-state index contributed by atoms with van der Waals surface area (Å²) < 4.78 is 5.57. The van der Waals surface area contributed by atoms with Crippen LogP contribution in [-0.2, 0) is 11.2 Å². The highest BCUT2D eigenvalue weighted by Crippen LogP contribution is 2.34. The van der Waals surface area contributed by atoms with E-state index in [-0.39, 0.29) is 5.54 Å². The van der Waals surface area contributed by atoms with Crippen LogP contribution in [0.4, 0.5) is 5.69 Å². The van der Waals surface area contributed by atoms with Crippen molar-refractivity contribution in [3.05, 3.63) is 29.8 Å². The van der Waals surface area contributed by atoms with Gasteiger partial charge in [0.1, 0.15) is 0 Å². The number of fused-ring (bicyclic) bond motifs is 1. The Bertz CT molecular complexity index is 624. The van der Waals surface area contributed by atoms with Gasteiger partial charge >= 0.3 is 0 Å². The lowest BCUT2D eigenvalue weighted by Crippen LogP contribution is -2.60. The molecule has 3 aliphatic heterocycles. The van der Waals surface area contributed by atoms with Gasteiger partial charge in [0.25, 0.3) is 0 Å². The number of nitrogens with one attached hydrogen (secondary N) is 1. The fourth-order valence-electron chi connectivity index (χ4n) is 4.23. The van der Waals surface area contributed by atoms with Crippen molar-refractivity contribution >= 4 is 23.4 Å². The molecule has 0 saturated carbocycles. The predicted molar refractivity (Wildman–Crippen MR) is 106 cm³/mol. The Morgan fingerprint density at radius 2 is 2.12 bits per heavy atom. The second-order valence-electron chi connectivity index (χ2n) is 7.06. The molecule has 0 spiro atoms. The molecule has 3 heterocycles. The van der Waals surface area contributed by atoms with Crippen LogP contribution in [-0.4, -0.2) is 74.3 Å². The third-order valence-corrected chi connectivity index (χ3v) is 6.93. The molecule has 1 aromatic rings. The smallest absolute Gasteiger partial charge is 0.198 e. The molecule has 4 rings (SSSR count). The number of hydrogen-bond donors (Lipinski definition) is 1. The Morgan fingerprint density at radius 1 is 1.28 bits per heavy atom. The number of anilines is 1. The largest absolute Gasteiger partial charge is 0.379 e. The lowest BCUT2D eigenvalue weighted by molar-refractivity contribution is -0.0119. The maximum absolute atomic E-state index is 5.57. The van der Waals surface area contributed by atoms with Crippen molar-refractivity contribution in [1.82, 2.24) is 10.2 Å². The number of ether oxygens (including phenoxy) is 1. The van der Waals surface area contributed by atoms with Gasteiger partial charge in [0, 0.05) is 50.2 Å². The molecule has 2 saturated heterocycles. The first kappa shape index (κ1) is 17.2. The second kappa shape index (κ2) is 7.56. The van der Waals surface area contributed by atoms with Crippen molar-refractivity contribution < 1.29 is 4.74 Å². The molecule has 2 fully saturated rings. The van der Waals surface area contributed by atoms with Gasteiger partial charge in [0.15, 0.2) is 5.96 Å². The minimum absolute atomic E-state index is 0.240. The van der Waals surface area contributed by atoms with Crippen LogP contribution in [0, 0.1) is 0 Å². The summed E-state index contributed by atoms with van der Waals surface area (Å²) in [6, 6.07) is 8.68. The molecule has 5 nitrogen and oxygen atoms in total. The SMILES string of the molecule is CN=C(NCC1(N2CCOCC2)CCSC1)N1CCc2ccccc21. The van der Waals surface area contributed by atoms with Crippen molar-refractivity contribution in [2.24, 2.45) is 4.99 Å². The number of guanidine groups is 1. The van der Waals surface area contributed by atoms with E-state index < -0.39 is 0 Å². The molecule has 0 aromatic heterocycles. The molecule has 1 atom stereocenters. The second-order valence-corrected chi connectivity index (χ2v) is 8.16. The summed E-state index contributed by atoms with van der Waals surface area (Å²) in [5.41, 5.74) is 2.96. The van der Waals surface area contributed by atoms with Gasteiger partial charge in [-0.3, -0.25) is 9.89 Å². The van der Waals surface area contributed by atoms with Crippen molar-refractivity contribution in [3.63, 3.8) is 0 Å². The predicted octanol–water partition coefficient (Wildman–Crippen LogP) is 1.83. The number of morpholine rings is 1. The average Bonchev–Trinajstić information content (AvgIpc) is 3.32. The number of aliphatic imine (C=N–C) groups is 1. The van der Waals surface area contributed by atoms with E-state index in [9.17, 15) is 0 Å². The molecule has 1 unspecified atom stereocenters. The van der Waals surface area contributed by atoms with Crippen LogP contribution in [0.5, 0.6) is 0 Å². The third kappa shape index (κ3) is 3.39. The molecule has 0 bridgehead atoms. The summed E-state index contributed by atoms with van der Waals surface area (Å²) in [5, 5.41) is 3.71. The molecule has 25 heavy (non-hydrogen) atoms. The van der Waals surface area contributed by atoms with Gasteiger partial charge < -0.3 is 15.0 Å². The Morgan fingerprint density at radius 3 is 2.88 bits per heavy atom. The zero-order valence-corrected chi connectivity index (χ0v) is 15.9. The van der Waals surface area contributed by atoms with Gasteiger partial charge in [0.2, 0.25) is 0 Å². The zero-order chi connectivity index (χ0) is 17.1. The summed E-state index contributed by atoms with van der Waals surface area (Å²) in [5.74, 6) is 3.46. The van der Waals surface area contributed by atoms with Crippen LogP contribution < -0.4 is 10.2 Å². The van der Waals surface area contributed by atoms with E-state index in [0.717, 1.165) is 51.8 Å². The standard InChI is InChI=1S/C19H28N4OS/c1-20-18(23-8-6-16-4-2-3-5-17(16)23)21-14-19(7-13-25-15-19)22-9-11-24-12-10-22/h2-5H,6-15H2,1H3,(H,20,21). The van der Waals surface area contributed by atoms with Gasteiger partial charge in [-0.15, -0.1) is 0 Å². The quantitative estimate of drug-likeness (QED) is 0.658. The van der Waals surface area contributed by atoms with Gasteiger partial charge in [-0.25, -0.2) is 0 Å². The molecular formula is C19H28N4OS. The van der Waals surface area contributed by atoms with E-state index in [0.29, 0.717) is 0 Å². The maximum Gasteiger partial charge on any atom is 0.198 e. The topological polar surface area (TPSA) is 40.1 Å². The molecule has 1 N–H and O–H groups in total. The lowest BCUT2D eigenvalue weighted by Gasteiger charge is -2.43. The van der Waals surface area contributed by atoms with Crippen molar-refractivity contribution in [1.29, 1.82) is 0 Å². The van der Waals surface area contributed by atoms with E-state index in [4.69, 9.17) is 4.74 Å². The molecule has 1 aromatic carbocycles. The van der Waals surface area contributed by atoms with Crippen molar-refractivity contribution in [2.75, 3.05) is 62.8 Å². The summed E-state index contributed by atoms with van der Waals surface area (Å²) >= 11 is 2.08. The van der Waals surface area contributed by atoms with E-state index in [1.807, 2.05) is 7.05 Å². The first-order chi connectivity index (χ1) is 12.3. The normalized spacial score (nSPS) is 27.6. The highest BCUT2D eigenvalue weighted by molar-refractivity contribution is 7.99. The first-order valence-electron chi connectivity index (χ1n) is 9.29. The Balaban J connectivity index is 1.47. The molecule has 0 amide bonds. The molecular weight excluding hydrogens is 332 g/mol. The highest BCUT2D eigenvalue weighted by Gasteiger charge is 2.41. The summed E-state index contributed by atoms with van der Waals surface area (Å²) in [4.78, 5) is 9.57. The van der Waals surface area contributed by atoms with Crippen LogP contribution in [0.3, 0.4) is 0 Å². The average molecular weight is 361 g/mol. The number of benzene rings is 1. The molecule has 6 heteroatoms. The van der Waals surface area contributed by atoms with Gasteiger partial charge in [-0.2, -0.15) is 11.8 Å². The minimum atomic E-state index is 0.240. The number of thioether (sulfide) groups is 1. The Labute approximate surface area is 154 Å². The monoisotopic (exact) mass is 360 g/mol. The first-order valence-corrected chi connectivity index (χ1v) is 10.4. The summed E-state index contributed by atoms with van der Waals surface area (Å²) in [6.07, 6.45) is 2.35. The molecule has 0 radical (unpaired) electrons. The van der Waals surface area contributed by atoms with Gasteiger partial charge in [0.05, 0.1) is 13.2 Å². The van der Waals surface area contributed by atoms with Crippen LogP contribution in [0.15, 0.2) is 29.3 Å². The number of rotatable bonds is 3. The molecule has 3 aliphatic rings. The zero-order valence-electron chi connectivity index (χ0n) is 15.0. The number of hydrogen-bond acceptors (Lipinski definition) is 4. The van der Waals surface area contributed by atoms with E-state index in [2.05, 4.69) is 56.1 Å². The van der Waals surface area contributed by atoms with Crippen LogP contribution in [0.2, 0.25) is 0 Å². The molecule has 136 valence electrons. The third-order valence-electron chi connectivity index (χ3n) is 5.69. The number of para-hydroxylation sites is 1. The van der Waals surface area contributed by atoms with E-state index >= 15 is 0 Å². The van der Waals surface area contributed by atoms with Crippen LogP contribution in [0.25, 0.3) is 0 Å². The van der Waals surface area contributed by atoms with Crippen molar-refractivity contribution in [2.45, 2.75) is 18.4 Å². The van der Waals surface area contributed by atoms with Crippen LogP contribution in [0.1, 0.15) is 12.0 Å². The fourth-order valence-corrected chi connectivity index (χ4v) is 5.71. The lowest BCUT2D eigenvalue weighted by atomic mass is 9.95. The van der Waals surface area contributed by atoms with Crippen molar-refractivity contribution in [3.8, 4) is 0 Å². The minimum Gasteiger partial charge on any atom is -0.379 e. The Hall–Kier alpha value is -1.24. The van der Waals surface area contributed by atoms with Gasteiger partial charge in [-0.1, -0.05) is 18.2 Å². The van der Waals surface area contributed by atoms with E-state index in [1.54, 1.807) is 0 Å². The summed E-state index contributed by atoms with van der Waals surface area (Å²) in [7, 11) is 1.90. The van der Waals surface area contributed by atoms with E-state index in [1.165, 1.54) is 29.2 Å². The van der Waals surface area contributed by atoms with Crippen LogP contribution >= 0.6 is 11.8 Å². The van der Waals surface area contributed by atoms with Gasteiger partial charge in [-0.05, 0) is 30.2 Å². The summed E-state index contributed by atoms with van der Waals surface area (Å²) in [6.45, 7) is 5.80. The fraction of sp³-hybridized carbons (Fsp3) is 0.632. The number of nitrogens with zero attached hydrogens (tertiary/aromatic N) is 3. The Kier molecular flexibility index (Phi) is 5.20. The maximum atomic E-state index is 5.57. The highest BCUT2D eigenvalue weighted by atomic mass is 32.2.